The molecular formula is C28H28N2O7S. The molecule has 0 aliphatic carbocycles. The van der Waals surface area contributed by atoms with Crippen LogP contribution in [-0.2, 0) is 19.1 Å². The van der Waals surface area contributed by atoms with E-state index in [-0.39, 0.29) is 34.8 Å². The Kier molecular flexibility index (Phi) is 8.02. The molecule has 0 fully saturated rings. The Hall–Kier alpha value is -4.31. The van der Waals surface area contributed by atoms with Crippen LogP contribution in [0.25, 0.3) is 17.5 Å². The maximum Gasteiger partial charge on any atom is 0.338 e. The molecule has 0 amide bonds. The molecule has 3 aromatic rings. The van der Waals surface area contributed by atoms with Crippen LogP contribution in [0.15, 0.2) is 58.9 Å². The summed E-state index contributed by atoms with van der Waals surface area (Å²) in [5.74, 6) is -1.31. The quantitative estimate of drug-likeness (QED) is 0.434. The van der Waals surface area contributed by atoms with Gasteiger partial charge in [-0.3, -0.25) is 9.36 Å². The number of ether oxygens (including phenoxy) is 4. The second-order valence-corrected chi connectivity index (χ2v) is 9.23. The number of benzene rings is 2. The Morgan fingerprint density at radius 3 is 2.18 bits per heavy atom. The lowest BCUT2D eigenvalue weighted by atomic mass is 9.83. The Morgan fingerprint density at radius 2 is 1.55 bits per heavy atom. The fraction of sp³-hybridized carbons (Fsp3) is 0.250. The number of nitrogens with zero attached hydrogens (tertiary/aromatic N) is 1. The molecule has 2 aromatic carbocycles. The van der Waals surface area contributed by atoms with Gasteiger partial charge >= 0.3 is 11.9 Å². The number of hydrogen-bond donors (Lipinski definition) is 1. The minimum absolute atomic E-state index is 0.0245. The molecule has 0 saturated heterocycles. The summed E-state index contributed by atoms with van der Waals surface area (Å²) in [5.41, 5.74) is 7.42. The van der Waals surface area contributed by atoms with Crippen molar-refractivity contribution in [2.45, 2.75) is 19.8 Å². The molecule has 0 bridgehead atoms. The molecule has 0 spiro atoms. The van der Waals surface area contributed by atoms with Crippen molar-refractivity contribution >= 4 is 40.7 Å². The average Bonchev–Trinajstić information content (AvgIpc) is 3.24. The fourth-order valence-corrected chi connectivity index (χ4v) is 5.47. The lowest BCUT2D eigenvalue weighted by Crippen LogP contribution is -2.42. The number of nitrogens with two attached hydrogens (primary N) is 1. The first-order chi connectivity index (χ1) is 18.3. The van der Waals surface area contributed by atoms with Gasteiger partial charge in [-0.25, -0.2) is 9.59 Å². The van der Waals surface area contributed by atoms with Crippen LogP contribution >= 0.6 is 11.3 Å². The summed E-state index contributed by atoms with van der Waals surface area (Å²) in [5, 5.41) is 0. The lowest BCUT2D eigenvalue weighted by molar-refractivity contribution is -0.138. The van der Waals surface area contributed by atoms with Crippen molar-refractivity contribution < 1.29 is 28.5 Å². The number of aromatic nitrogens is 1. The Balaban J connectivity index is 2.11. The van der Waals surface area contributed by atoms with Gasteiger partial charge in [0.25, 0.3) is 5.56 Å². The minimum atomic E-state index is -0.953. The van der Waals surface area contributed by atoms with Gasteiger partial charge in [0.1, 0.15) is 22.0 Å². The van der Waals surface area contributed by atoms with Gasteiger partial charge in [-0.05, 0) is 55.3 Å². The number of esters is 2. The van der Waals surface area contributed by atoms with E-state index in [1.807, 2.05) is 6.07 Å². The van der Waals surface area contributed by atoms with Gasteiger partial charge in [0.15, 0.2) is 0 Å². The second-order valence-electron chi connectivity index (χ2n) is 8.20. The average molecular weight is 537 g/mol. The van der Waals surface area contributed by atoms with E-state index in [4.69, 9.17) is 24.7 Å². The van der Waals surface area contributed by atoms with Crippen LogP contribution in [0.5, 0.6) is 11.5 Å². The zero-order chi connectivity index (χ0) is 27.4. The topological polar surface area (TPSA) is 119 Å². The van der Waals surface area contributed by atoms with E-state index in [9.17, 15) is 14.4 Å². The van der Waals surface area contributed by atoms with E-state index in [1.165, 1.54) is 11.7 Å². The maximum atomic E-state index is 13.6. The molecule has 9 nitrogen and oxygen atoms in total. The van der Waals surface area contributed by atoms with Crippen LogP contribution in [-0.4, -0.2) is 43.9 Å². The summed E-state index contributed by atoms with van der Waals surface area (Å²) in [6.07, 6.45) is 1.68. The van der Waals surface area contributed by atoms with Crippen LogP contribution in [0.1, 0.15) is 30.9 Å². The summed E-state index contributed by atoms with van der Waals surface area (Å²) in [4.78, 5) is 40.4. The summed E-state index contributed by atoms with van der Waals surface area (Å²) >= 11 is 1.09. The first-order valence-corrected chi connectivity index (χ1v) is 12.8. The monoisotopic (exact) mass is 536 g/mol. The number of thiazole rings is 1. The van der Waals surface area contributed by atoms with Crippen molar-refractivity contribution in [1.82, 2.24) is 4.57 Å². The Labute approximate surface area is 223 Å². The van der Waals surface area contributed by atoms with Gasteiger partial charge in [0.05, 0.1) is 49.0 Å². The van der Waals surface area contributed by atoms with E-state index in [1.54, 1.807) is 69.5 Å². The molecule has 198 valence electrons. The summed E-state index contributed by atoms with van der Waals surface area (Å²) in [6.45, 7) is 3.52. The summed E-state index contributed by atoms with van der Waals surface area (Å²) in [7, 11) is 3.07. The molecule has 1 aromatic heterocycles. The molecule has 4 rings (SSSR count). The van der Waals surface area contributed by atoms with Crippen molar-refractivity contribution in [2.24, 2.45) is 5.73 Å². The van der Waals surface area contributed by atoms with Gasteiger partial charge in [-0.15, -0.1) is 11.3 Å². The van der Waals surface area contributed by atoms with Crippen molar-refractivity contribution in [3.63, 3.8) is 0 Å². The van der Waals surface area contributed by atoms with Crippen LogP contribution in [0, 0.1) is 0 Å². The number of methoxy groups -OCH3 is 2. The molecule has 0 radical (unpaired) electrons. The number of fused-ring (bicyclic) bond motifs is 1. The van der Waals surface area contributed by atoms with E-state index in [0.717, 1.165) is 16.9 Å². The molecule has 1 atom stereocenters. The Bertz CT molecular complexity index is 1600. The van der Waals surface area contributed by atoms with E-state index in [2.05, 4.69) is 0 Å². The number of carbonyl (C=O) groups excluding carboxylic acids is 2. The molecule has 1 aliphatic heterocycles. The number of carbonyl (C=O) groups is 2. The van der Waals surface area contributed by atoms with E-state index < -0.39 is 23.4 Å². The van der Waals surface area contributed by atoms with Crippen molar-refractivity contribution in [3.8, 4) is 11.5 Å². The normalized spacial score (nSPS) is 15.2. The fourth-order valence-electron chi connectivity index (χ4n) is 4.30. The number of hydrogen-bond acceptors (Lipinski definition) is 9. The van der Waals surface area contributed by atoms with Crippen LogP contribution < -0.4 is 30.0 Å². The third-order valence-electron chi connectivity index (χ3n) is 5.96. The summed E-state index contributed by atoms with van der Waals surface area (Å²) < 4.78 is 23.2. The van der Waals surface area contributed by atoms with Crippen LogP contribution in [0.4, 0.5) is 0 Å². The minimum Gasteiger partial charge on any atom is -0.497 e. The van der Waals surface area contributed by atoms with Gasteiger partial charge in [-0.2, -0.15) is 0 Å². The van der Waals surface area contributed by atoms with Crippen LogP contribution in [0.3, 0.4) is 0 Å². The largest absolute Gasteiger partial charge is 0.497 e. The predicted molar refractivity (Wildman–Crippen MR) is 144 cm³/mol. The molecule has 1 aliphatic rings. The maximum absolute atomic E-state index is 13.6. The highest BCUT2D eigenvalue weighted by atomic mass is 32.1. The smallest absolute Gasteiger partial charge is 0.338 e. The molecule has 2 N–H and O–H groups in total. The van der Waals surface area contributed by atoms with E-state index in [0.29, 0.717) is 21.6 Å². The zero-order valence-corrected chi connectivity index (χ0v) is 22.3. The molecule has 10 heteroatoms. The third kappa shape index (κ3) is 4.95. The highest BCUT2D eigenvalue weighted by molar-refractivity contribution is 7.07. The molecule has 0 saturated carbocycles. The second kappa shape index (κ2) is 11.4. The standard InChI is InChI=1S/C28H28N2O7S/c1-5-36-27(32)22-21(17-10-8-12-19(15-17)35-4)23(28(33)37-6-2)26-30(24(22)29)25(31)20(38-26)14-16-9-7-11-18(13-16)34-3/h7-15,21H,5-6,29H2,1-4H3. The SMILES string of the molecule is CCOC(=O)C1=C(N)n2c(sc(=Cc3cccc(OC)c3)c2=O)=C(C(=O)OCC)C1c1cccc(OC)c1. The highest BCUT2D eigenvalue weighted by Gasteiger charge is 2.40. The predicted octanol–water partition coefficient (Wildman–Crippen LogP) is 1.96. The van der Waals surface area contributed by atoms with Gasteiger partial charge in [0.2, 0.25) is 0 Å². The van der Waals surface area contributed by atoms with Crippen molar-refractivity contribution in [2.75, 3.05) is 27.4 Å². The lowest BCUT2D eigenvalue weighted by Gasteiger charge is -2.27. The Morgan fingerprint density at radius 1 is 0.947 bits per heavy atom. The van der Waals surface area contributed by atoms with Gasteiger partial charge < -0.3 is 24.7 Å². The zero-order valence-electron chi connectivity index (χ0n) is 21.5. The first kappa shape index (κ1) is 26.7. The van der Waals surface area contributed by atoms with Crippen molar-refractivity contribution in [3.05, 3.63) is 84.8 Å². The number of rotatable bonds is 8. The molecule has 38 heavy (non-hydrogen) atoms. The van der Waals surface area contributed by atoms with Crippen LogP contribution in [0.2, 0.25) is 0 Å². The first-order valence-electron chi connectivity index (χ1n) is 11.9. The van der Waals surface area contributed by atoms with Crippen molar-refractivity contribution in [1.29, 1.82) is 0 Å². The van der Waals surface area contributed by atoms with E-state index >= 15 is 0 Å². The molecule has 2 heterocycles. The summed E-state index contributed by atoms with van der Waals surface area (Å²) in [6, 6.07) is 14.2. The highest BCUT2D eigenvalue weighted by Crippen LogP contribution is 2.38. The van der Waals surface area contributed by atoms with Gasteiger partial charge in [0, 0.05) is 0 Å². The third-order valence-corrected chi connectivity index (χ3v) is 7.07. The molecule has 1 unspecified atom stereocenters. The molecular weight excluding hydrogens is 508 g/mol. The van der Waals surface area contributed by atoms with Gasteiger partial charge in [-0.1, -0.05) is 24.3 Å².